The molecule has 0 saturated carbocycles. The minimum atomic E-state index is -4.00. The Bertz CT molecular complexity index is 1030. The van der Waals surface area contributed by atoms with Crippen molar-refractivity contribution in [2.75, 3.05) is 0 Å². The van der Waals surface area contributed by atoms with E-state index in [0.717, 1.165) is 3.97 Å². The number of aryl methyl sites for hydroxylation is 1. The summed E-state index contributed by atoms with van der Waals surface area (Å²) < 4.78 is 28.2. The summed E-state index contributed by atoms with van der Waals surface area (Å²) in [6, 6.07) is 9.28. The fourth-order valence-electron chi connectivity index (χ4n) is 2.43. The van der Waals surface area contributed by atoms with Gasteiger partial charge in [-0.1, -0.05) is 18.2 Å². The lowest BCUT2D eigenvalue weighted by Gasteiger charge is -2.09. The van der Waals surface area contributed by atoms with Gasteiger partial charge in [0.15, 0.2) is 5.65 Å². The van der Waals surface area contributed by atoms with Crippen molar-refractivity contribution < 1.29 is 8.42 Å². The van der Waals surface area contributed by atoms with Gasteiger partial charge in [0, 0.05) is 23.7 Å². The Morgan fingerprint density at radius 2 is 1.78 bits per heavy atom. The van der Waals surface area contributed by atoms with Crippen LogP contribution in [-0.4, -0.2) is 22.2 Å². The number of fused-ring (bicyclic) bond motifs is 1. The van der Waals surface area contributed by atoms with Crippen LogP contribution >= 0.6 is 0 Å². The van der Waals surface area contributed by atoms with Crippen molar-refractivity contribution >= 4 is 21.1 Å². The predicted molar refractivity (Wildman–Crippen MR) is 88.1 cm³/mol. The summed E-state index contributed by atoms with van der Waals surface area (Å²) in [5, 5.41) is 4.98. The molecule has 0 fully saturated rings. The van der Waals surface area contributed by atoms with Crippen LogP contribution < -0.4 is 5.56 Å². The molecular formula is C16H17N3O3S. The lowest BCUT2D eigenvalue weighted by molar-refractivity contribution is 0.535. The van der Waals surface area contributed by atoms with Gasteiger partial charge in [0.25, 0.3) is 15.6 Å². The van der Waals surface area contributed by atoms with Gasteiger partial charge in [0.2, 0.25) is 0 Å². The highest BCUT2D eigenvalue weighted by Gasteiger charge is 2.23. The van der Waals surface area contributed by atoms with Crippen molar-refractivity contribution in [3.8, 4) is 0 Å². The third kappa shape index (κ3) is 2.46. The zero-order valence-electron chi connectivity index (χ0n) is 13.1. The molecule has 0 N–H and O–H groups in total. The Morgan fingerprint density at radius 1 is 1.13 bits per heavy atom. The molecule has 0 saturated heterocycles. The maximum absolute atomic E-state index is 12.9. The van der Waals surface area contributed by atoms with Crippen molar-refractivity contribution in [3.63, 3.8) is 0 Å². The summed E-state index contributed by atoms with van der Waals surface area (Å²) >= 11 is 0. The Hall–Kier alpha value is -2.41. The summed E-state index contributed by atoms with van der Waals surface area (Å²) in [5.74, 6) is 0. The van der Waals surface area contributed by atoms with E-state index in [-0.39, 0.29) is 16.6 Å². The van der Waals surface area contributed by atoms with Crippen LogP contribution in [0.15, 0.2) is 52.3 Å². The summed E-state index contributed by atoms with van der Waals surface area (Å²) in [4.78, 5) is 12.4. The van der Waals surface area contributed by atoms with Gasteiger partial charge in [-0.3, -0.25) is 9.48 Å². The average Bonchev–Trinajstić information content (AvgIpc) is 2.93. The fourth-order valence-corrected chi connectivity index (χ4v) is 3.79. The second kappa shape index (κ2) is 5.34. The van der Waals surface area contributed by atoms with E-state index in [9.17, 15) is 13.2 Å². The van der Waals surface area contributed by atoms with Crippen molar-refractivity contribution in [2.45, 2.75) is 31.7 Å². The fraction of sp³-hybridized carbons (Fsp3) is 0.250. The first-order valence-corrected chi connectivity index (χ1v) is 8.68. The third-order valence-electron chi connectivity index (χ3n) is 3.68. The van der Waals surface area contributed by atoms with Crippen molar-refractivity contribution in [2.24, 2.45) is 0 Å². The molecule has 0 bridgehead atoms. The Balaban J connectivity index is 2.40. The summed E-state index contributed by atoms with van der Waals surface area (Å²) in [6.07, 6.45) is 1.77. The van der Waals surface area contributed by atoms with Crippen LogP contribution in [0.1, 0.15) is 25.5 Å². The number of rotatable bonds is 3. The molecule has 2 aromatic heterocycles. The van der Waals surface area contributed by atoms with Crippen LogP contribution in [0.3, 0.4) is 0 Å². The number of aromatic nitrogens is 3. The smallest absolute Gasteiger partial charge is 0.268 e. The number of benzene rings is 1. The summed E-state index contributed by atoms with van der Waals surface area (Å²) in [6.45, 7) is 5.65. The molecule has 120 valence electrons. The summed E-state index contributed by atoms with van der Waals surface area (Å²) in [5.41, 5.74) is 0.261. The van der Waals surface area contributed by atoms with Gasteiger partial charge in [-0.05, 0) is 38.5 Å². The molecule has 6 nitrogen and oxygen atoms in total. The molecule has 23 heavy (non-hydrogen) atoms. The lowest BCUT2D eigenvalue weighted by atomic mass is 10.2. The second-order valence-corrected chi connectivity index (χ2v) is 7.47. The molecule has 2 heterocycles. The maximum Gasteiger partial charge on any atom is 0.272 e. The average molecular weight is 331 g/mol. The molecule has 0 radical (unpaired) electrons. The van der Waals surface area contributed by atoms with Crippen LogP contribution in [-0.2, 0) is 10.0 Å². The molecule has 3 aromatic rings. The van der Waals surface area contributed by atoms with Crippen LogP contribution in [0.25, 0.3) is 11.0 Å². The zero-order valence-corrected chi connectivity index (χ0v) is 13.9. The van der Waals surface area contributed by atoms with E-state index >= 15 is 0 Å². The largest absolute Gasteiger partial charge is 0.272 e. The minimum absolute atomic E-state index is 0.0600. The first-order valence-electron chi connectivity index (χ1n) is 7.24. The third-order valence-corrected chi connectivity index (χ3v) is 5.38. The van der Waals surface area contributed by atoms with Crippen molar-refractivity contribution in [1.29, 1.82) is 0 Å². The molecule has 3 rings (SSSR count). The number of hydrogen-bond donors (Lipinski definition) is 0. The minimum Gasteiger partial charge on any atom is -0.268 e. The highest BCUT2D eigenvalue weighted by atomic mass is 32.2. The molecule has 0 spiro atoms. The van der Waals surface area contributed by atoms with E-state index in [0.29, 0.717) is 10.9 Å². The van der Waals surface area contributed by atoms with E-state index < -0.39 is 15.6 Å². The molecule has 7 heteroatoms. The Kier molecular flexibility index (Phi) is 3.60. The van der Waals surface area contributed by atoms with Gasteiger partial charge < -0.3 is 0 Å². The summed E-state index contributed by atoms with van der Waals surface area (Å²) in [7, 11) is -4.00. The van der Waals surface area contributed by atoms with E-state index in [2.05, 4.69) is 5.10 Å². The van der Waals surface area contributed by atoms with Gasteiger partial charge in [-0.15, -0.1) is 0 Å². The Labute approximate surface area is 134 Å². The molecule has 0 aliphatic rings. The monoisotopic (exact) mass is 331 g/mol. The molecule has 0 unspecified atom stereocenters. The predicted octanol–water partition coefficient (Wildman–Crippen LogP) is 2.32. The molecule has 0 aliphatic heterocycles. The standard InChI is InChI=1S/C16H17N3O3S/c1-11(2)18-10-14-12(3)9-15(20)19(16(14)17-18)23(21,22)13-7-5-4-6-8-13/h4-11H,1-3H3. The molecule has 0 amide bonds. The molecule has 1 aromatic carbocycles. The highest BCUT2D eigenvalue weighted by molar-refractivity contribution is 7.90. The van der Waals surface area contributed by atoms with Gasteiger partial charge in [0.1, 0.15) is 0 Å². The first kappa shape index (κ1) is 15.5. The normalized spacial score (nSPS) is 12.2. The van der Waals surface area contributed by atoms with Gasteiger partial charge in [-0.25, -0.2) is 8.42 Å². The van der Waals surface area contributed by atoms with Crippen LogP contribution in [0.4, 0.5) is 0 Å². The van der Waals surface area contributed by atoms with Gasteiger partial charge in [-0.2, -0.15) is 9.07 Å². The van der Waals surface area contributed by atoms with E-state index in [1.807, 2.05) is 13.8 Å². The van der Waals surface area contributed by atoms with Crippen LogP contribution in [0, 0.1) is 6.92 Å². The van der Waals surface area contributed by atoms with Crippen LogP contribution in [0.5, 0.6) is 0 Å². The SMILES string of the molecule is Cc1cc(=O)n(S(=O)(=O)c2ccccc2)c2nn(C(C)C)cc12. The van der Waals surface area contributed by atoms with Crippen LogP contribution in [0.2, 0.25) is 0 Å². The quantitative estimate of drug-likeness (QED) is 0.738. The van der Waals surface area contributed by atoms with E-state index in [1.54, 1.807) is 36.0 Å². The van der Waals surface area contributed by atoms with Gasteiger partial charge in [0.05, 0.1) is 4.90 Å². The lowest BCUT2D eigenvalue weighted by Crippen LogP contribution is -2.28. The molecule has 0 atom stereocenters. The maximum atomic E-state index is 12.9. The first-order chi connectivity index (χ1) is 10.8. The van der Waals surface area contributed by atoms with E-state index in [4.69, 9.17) is 0 Å². The second-order valence-electron chi connectivity index (χ2n) is 5.69. The topological polar surface area (TPSA) is 74.0 Å². The molecule has 0 aliphatic carbocycles. The Morgan fingerprint density at radius 3 is 2.39 bits per heavy atom. The number of pyridine rings is 1. The molecular weight excluding hydrogens is 314 g/mol. The zero-order chi connectivity index (χ0) is 16.8. The van der Waals surface area contributed by atoms with Crippen molar-refractivity contribution in [3.05, 3.63) is 58.5 Å². The van der Waals surface area contributed by atoms with E-state index in [1.165, 1.54) is 18.2 Å². The van der Waals surface area contributed by atoms with Crippen molar-refractivity contribution in [1.82, 2.24) is 13.8 Å². The van der Waals surface area contributed by atoms with Gasteiger partial charge >= 0.3 is 0 Å². The highest BCUT2D eigenvalue weighted by Crippen LogP contribution is 2.21. The number of nitrogens with zero attached hydrogens (tertiary/aromatic N) is 3. The number of hydrogen-bond acceptors (Lipinski definition) is 4.